The number of carbonyl (C=O) groups is 3. The third-order valence-electron chi connectivity index (χ3n) is 7.90. The monoisotopic (exact) mass is 595 g/mol. The summed E-state index contributed by atoms with van der Waals surface area (Å²) < 4.78 is 25.9. The summed E-state index contributed by atoms with van der Waals surface area (Å²) in [7, 11) is 3.19. The number of esters is 1. The number of likely N-dealkylation sites (N-methyl/N-ethyl adjacent to an activating group) is 1. The minimum atomic E-state index is -0.855. The molecule has 0 aliphatic carbocycles. The molecular formula is C35H34FN3O5. The first kappa shape index (κ1) is 30.4. The number of rotatable bonds is 7. The van der Waals surface area contributed by atoms with Crippen molar-refractivity contribution in [2.24, 2.45) is 5.73 Å². The molecule has 1 aliphatic heterocycles. The molecule has 4 aromatic rings. The van der Waals surface area contributed by atoms with Gasteiger partial charge in [0.2, 0.25) is 0 Å². The Balaban J connectivity index is 1.63. The number of anilines is 2. The van der Waals surface area contributed by atoms with Crippen LogP contribution in [0.15, 0.2) is 72.8 Å². The van der Waals surface area contributed by atoms with E-state index >= 15 is 0 Å². The molecular weight excluding hydrogens is 561 g/mol. The van der Waals surface area contributed by atoms with E-state index in [1.165, 1.54) is 32.2 Å². The van der Waals surface area contributed by atoms with Crippen molar-refractivity contribution in [3.63, 3.8) is 0 Å². The molecule has 1 heterocycles. The first-order valence-electron chi connectivity index (χ1n) is 14.1. The van der Waals surface area contributed by atoms with Gasteiger partial charge in [0.15, 0.2) is 5.78 Å². The molecule has 0 saturated carbocycles. The first-order valence-corrected chi connectivity index (χ1v) is 14.1. The smallest absolute Gasteiger partial charge is 0.343 e. The van der Waals surface area contributed by atoms with Crippen molar-refractivity contribution >= 4 is 29.0 Å². The number of ether oxygens (including phenoxy) is 2. The van der Waals surface area contributed by atoms with Gasteiger partial charge >= 0.3 is 5.97 Å². The Morgan fingerprint density at radius 1 is 0.977 bits per heavy atom. The summed E-state index contributed by atoms with van der Waals surface area (Å²) >= 11 is 0. The number of carbonyl (C=O) groups excluding carboxylic acids is 3. The number of nitrogens with zero attached hydrogens (tertiary/aromatic N) is 1. The number of nitrogens with one attached hydrogen (secondary N) is 1. The highest BCUT2D eigenvalue weighted by atomic mass is 19.1. The summed E-state index contributed by atoms with van der Waals surface area (Å²) in [6, 6.07) is 18.7. The Morgan fingerprint density at radius 3 is 2.39 bits per heavy atom. The number of amides is 1. The standard InChI is InChI=1S/C35H34FN3O5/c1-19-10-11-23(36)17-27(19)31(37)30-26(14-15-28-32(30)39(5)34(42)35(3,4)38-28)25-13-12-24(18-29(25)43-6)44-33(41)22-9-7-8-21(16-22)20(2)40/h7-18,31,38H,37H2,1-6H3. The molecule has 1 aliphatic rings. The lowest BCUT2D eigenvalue weighted by Gasteiger charge is -2.40. The van der Waals surface area contributed by atoms with Crippen molar-refractivity contribution in [2.45, 2.75) is 39.3 Å². The Kier molecular flexibility index (Phi) is 8.01. The molecule has 0 bridgehead atoms. The molecule has 226 valence electrons. The lowest BCUT2D eigenvalue weighted by Crippen LogP contribution is -2.53. The summed E-state index contributed by atoms with van der Waals surface area (Å²) in [4.78, 5) is 39.7. The zero-order valence-electron chi connectivity index (χ0n) is 25.4. The van der Waals surface area contributed by atoms with Gasteiger partial charge in [-0.2, -0.15) is 0 Å². The van der Waals surface area contributed by atoms with E-state index in [-0.39, 0.29) is 23.0 Å². The predicted molar refractivity (Wildman–Crippen MR) is 168 cm³/mol. The van der Waals surface area contributed by atoms with Crippen molar-refractivity contribution in [1.29, 1.82) is 0 Å². The number of ketones is 1. The van der Waals surface area contributed by atoms with Crippen LogP contribution in [0.5, 0.6) is 11.5 Å². The summed E-state index contributed by atoms with van der Waals surface area (Å²) in [5.41, 5.74) is 11.2. The number of fused-ring (bicyclic) bond motifs is 1. The lowest BCUT2D eigenvalue weighted by molar-refractivity contribution is -0.121. The molecule has 4 aromatic carbocycles. The number of hydrogen-bond donors (Lipinski definition) is 2. The van der Waals surface area contributed by atoms with Crippen molar-refractivity contribution in [3.05, 3.63) is 106 Å². The van der Waals surface area contributed by atoms with Gasteiger partial charge in [-0.1, -0.05) is 24.3 Å². The maximum Gasteiger partial charge on any atom is 0.343 e. The number of nitrogens with two attached hydrogens (primary N) is 1. The van der Waals surface area contributed by atoms with Crippen molar-refractivity contribution in [3.8, 4) is 22.6 Å². The third-order valence-corrected chi connectivity index (χ3v) is 7.90. The normalized spacial score (nSPS) is 14.4. The SMILES string of the molecule is COc1cc(OC(=O)c2cccc(C(C)=O)c2)ccc1-c1ccc2c(c1C(N)c1cc(F)ccc1C)N(C)C(=O)C(C)(C)N2. The van der Waals surface area contributed by atoms with Gasteiger partial charge in [-0.25, -0.2) is 9.18 Å². The highest BCUT2D eigenvalue weighted by Crippen LogP contribution is 2.48. The molecule has 5 rings (SSSR count). The summed E-state index contributed by atoms with van der Waals surface area (Å²) in [6.07, 6.45) is 0. The molecule has 0 saturated heterocycles. The van der Waals surface area contributed by atoms with Crippen LogP contribution in [0.2, 0.25) is 0 Å². The van der Waals surface area contributed by atoms with Crippen molar-refractivity contribution < 1.29 is 28.2 Å². The highest BCUT2D eigenvalue weighted by molar-refractivity contribution is 6.09. The average Bonchev–Trinajstić information content (AvgIpc) is 3.00. The summed E-state index contributed by atoms with van der Waals surface area (Å²) in [5, 5.41) is 3.32. The van der Waals surface area contributed by atoms with Crippen molar-refractivity contribution in [1.82, 2.24) is 0 Å². The van der Waals surface area contributed by atoms with E-state index in [2.05, 4.69) is 5.32 Å². The zero-order valence-corrected chi connectivity index (χ0v) is 25.4. The number of halogens is 1. The second kappa shape index (κ2) is 11.6. The molecule has 3 N–H and O–H groups in total. The largest absolute Gasteiger partial charge is 0.496 e. The zero-order chi connectivity index (χ0) is 31.9. The third kappa shape index (κ3) is 5.54. The van der Waals surface area contributed by atoms with E-state index in [1.54, 1.807) is 68.3 Å². The fraction of sp³-hybridized carbons (Fsp3) is 0.229. The molecule has 44 heavy (non-hydrogen) atoms. The quantitative estimate of drug-likeness (QED) is 0.144. The van der Waals surface area contributed by atoms with Crippen LogP contribution in [-0.4, -0.2) is 37.4 Å². The molecule has 0 spiro atoms. The van der Waals surface area contributed by atoms with E-state index in [4.69, 9.17) is 15.2 Å². The second-order valence-electron chi connectivity index (χ2n) is 11.4. The Labute approximate surface area is 255 Å². The summed E-state index contributed by atoms with van der Waals surface area (Å²) in [6.45, 7) is 6.89. The number of Topliss-reactive ketones (excluding diaryl/α,β-unsaturated/α-hetero) is 1. The molecule has 0 aromatic heterocycles. The van der Waals surface area contributed by atoms with Gasteiger partial charge in [0.1, 0.15) is 22.9 Å². The maximum atomic E-state index is 14.5. The highest BCUT2D eigenvalue weighted by Gasteiger charge is 2.40. The minimum Gasteiger partial charge on any atom is -0.496 e. The molecule has 0 fully saturated rings. The Morgan fingerprint density at radius 2 is 1.68 bits per heavy atom. The number of methoxy groups -OCH3 is 1. The van der Waals surface area contributed by atoms with Crippen molar-refractivity contribution in [2.75, 3.05) is 24.4 Å². The van der Waals surface area contributed by atoms with Crippen LogP contribution in [0, 0.1) is 12.7 Å². The van der Waals surface area contributed by atoms with Gasteiger partial charge in [0, 0.05) is 29.8 Å². The van der Waals surface area contributed by atoms with Gasteiger partial charge in [0.05, 0.1) is 30.1 Å². The first-order chi connectivity index (χ1) is 20.8. The fourth-order valence-electron chi connectivity index (χ4n) is 5.62. The fourth-order valence-corrected chi connectivity index (χ4v) is 5.62. The second-order valence-corrected chi connectivity index (χ2v) is 11.4. The van der Waals surface area contributed by atoms with Gasteiger partial charge in [-0.05, 0) is 86.8 Å². The van der Waals surface area contributed by atoms with Crippen LogP contribution in [-0.2, 0) is 4.79 Å². The molecule has 1 atom stereocenters. The number of aryl methyl sites for hydroxylation is 1. The Hall–Kier alpha value is -5.02. The Bertz CT molecular complexity index is 1820. The van der Waals surface area contributed by atoms with E-state index < -0.39 is 23.4 Å². The van der Waals surface area contributed by atoms with Gasteiger partial charge < -0.3 is 25.4 Å². The molecule has 0 radical (unpaired) electrons. The molecule has 1 unspecified atom stereocenters. The molecule has 8 nitrogen and oxygen atoms in total. The van der Waals surface area contributed by atoms with E-state index in [9.17, 15) is 18.8 Å². The van der Waals surface area contributed by atoms with Crippen LogP contribution in [0.1, 0.15) is 64.2 Å². The van der Waals surface area contributed by atoms with Crippen LogP contribution >= 0.6 is 0 Å². The molecule has 1 amide bonds. The number of hydrogen-bond acceptors (Lipinski definition) is 7. The van der Waals surface area contributed by atoms with Crippen LogP contribution in [0.3, 0.4) is 0 Å². The summed E-state index contributed by atoms with van der Waals surface area (Å²) in [5.74, 6) is -0.762. The van der Waals surface area contributed by atoms with Crippen LogP contribution < -0.4 is 25.4 Å². The topological polar surface area (TPSA) is 111 Å². The van der Waals surface area contributed by atoms with Gasteiger partial charge in [0.25, 0.3) is 5.91 Å². The predicted octanol–water partition coefficient (Wildman–Crippen LogP) is 6.45. The van der Waals surface area contributed by atoms with E-state index in [1.807, 2.05) is 19.1 Å². The van der Waals surface area contributed by atoms with E-state index in [0.717, 1.165) is 5.56 Å². The van der Waals surface area contributed by atoms with Gasteiger partial charge in [-0.15, -0.1) is 0 Å². The van der Waals surface area contributed by atoms with Crippen LogP contribution in [0.25, 0.3) is 11.1 Å². The number of benzene rings is 4. The lowest BCUT2D eigenvalue weighted by atomic mass is 9.85. The van der Waals surface area contributed by atoms with E-state index in [0.29, 0.717) is 44.9 Å². The maximum absolute atomic E-state index is 14.5. The average molecular weight is 596 g/mol. The minimum absolute atomic E-state index is 0.158. The van der Waals surface area contributed by atoms with Crippen LogP contribution in [0.4, 0.5) is 15.8 Å². The van der Waals surface area contributed by atoms with Gasteiger partial charge in [-0.3, -0.25) is 9.59 Å². The molecule has 9 heteroatoms.